The number of halogens is 1. The molecular weight excluding hydrogens is 535 g/mol. The minimum atomic E-state index is -1.01. The lowest BCUT2D eigenvalue weighted by Crippen LogP contribution is -2.41. The number of ether oxygens (including phenoxy) is 1. The van der Waals surface area contributed by atoms with Crippen molar-refractivity contribution >= 4 is 11.9 Å². The lowest BCUT2D eigenvalue weighted by atomic mass is 10.1. The molecule has 1 saturated carbocycles. The number of amides is 1. The second-order valence-electron chi connectivity index (χ2n) is 9.82. The van der Waals surface area contributed by atoms with E-state index in [1.807, 2.05) is 19.1 Å². The molecule has 12 nitrogen and oxygen atoms in total. The SMILES string of the molecule is CCC(Oc1ccc(-c2noc(C3CC3)n2)cc1)c1nc(-c2ccc(C(=O)N[C@H](C)CNCC(=O)O)c(F)c2)no1. The predicted molar refractivity (Wildman–Crippen MR) is 142 cm³/mol. The highest BCUT2D eigenvalue weighted by atomic mass is 19.1. The molecule has 13 heteroatoms. The second-order valence-corrected chi connectivity index (χ2v) is 9.82. The minimum absolute atomic E-state index is 0.151. The van der Waals surface area contributed by atoms with E-state index in [0.717, 1.165) is 24.5 Å². The predicted octanol–water partition coefficient (Wildman–Crippen LogP) is 4.13. The number of nitrogens with zero attached hydrogens (tertiary/aromatic N) is 4. The second kappa shape index (κ2) is 12.3. The van der Waals surface area contributed by atoms with Gasteiger partial charge < -0.3 is 29.5 Å². The van der Waals surface area contributed by atoms with Crippen LogP contribution in [0, 0.1) is 5.82 Å². The van der Waals surface area contributed by atoms with Gasteiger partial charge in [-0.15, -0.1) is 0 Å². The molecule has 2 heterocycles. The van der Waals surface area contributed by atoms with Crippen LogP contribution in [0.3, 0.4) is 0 Å². The van der Waals surface area contributed by atoms with Gasteiger partial charge in [0.05, 0.1) is 12.1 Å². The molecule has 3 N–H and O–H groups in total. The maximum Gasteiger partial charge on any atom is 0.317 e. The number of carboxylic acids is 1. The molecule has 1 unspecified atom stereocenters. The summed E-state index contributed by atoms with van der Waals surface area (Å²) < 4.78 is 31.7. The third kappa shape index (κ3) is 6.92. The van der Waals surface area contributed by atoms with Gasteiger partial charge in [-0.25, -0.2) is 4.39 Å². The molecule has 4 aromatic rings. The van der Waals surface area contributed by atoms with E-state index in [1.165, 1.54) is 12.1 Å². The maximum absolute atomic E-state index is 14.8. The van der Waals surface area contributed by atoms with Crippen molar-refractivity contribution < 1.29 is 32.9 Å². The summed E-state index contributed by atoms with van der Waals surface area (Å²) in [5.74, 6) is 0.156. The summed E-state index contributed by atoms with van der Waals surface area (Å²) in [6, 6.07) is 10.9. The standard InChI is InChI=1S/C28H29FN6O6/c1-3-22(39-19-9-6-16(7-10-19)24-32-27(40-34-24)17-4-5-17)28-33-25(35-41-28)18-8-11-20(21(29)12-18)26(38)31-15(2)13-30-14-23(36)37/h6-12,15,17,22,30H,3-5,13-14H2,1-2H3,(H,31,38)(H,36,37)/t15-,22?/m1/s1. The van der Waals surface area contributed by atoms with Crippen LogP contribution < -0.4 is 15.4 Å². The Labute approximate surface area is 234 Å². The normalized spacial score (nSPS) is 14.4. The van der Waals surface area contributed by atoms with E-state index in [9.17, 15) is 14.0 Å². The van der Waals surface area contributed by atoms with Gasteiger partial charge in [-0.05, 0) is 62.6 Å². The summed E-state index contributed by atoms with van der Waals surface area (Å²) in [6.07, 6.45) is 2.15. The van der Waals surface area contributed by atoms with Crippen LogP contribution in [0.1, 0.15) is 67.3 Å². The fourth-order valence-corrected chi connectivity index (χ4v) is 4.07. The molecule has 2 aromatic carbocycles. The van der Waals surface area contributed by atoms with Crippen molar-refractivity contribution in [1.29, 1.82) is 0 Å². The summed E-state index contributed by atoms with van der Waals surface area (Å²) in [4.78, 5) is 31.9. The quantitative estimate of drug-likeness (QED) is 0.214. The number of nitrogens with one attached hydrogen (secondary N) is 2. The number of carbonyl (C=O) groups excluding carboxylic acids is 1. The highest BCUT2D eigenvalue weighted by molar-refractivity contribution is 5.95. The molecule has 0 spiro atoms. The Morgan fingerprint density at radius 1 is 1.07 bits per heavy atom. The van der Waals surface area contributed by atoms with Gasteiger partial charge >= 0.3 is 5.97 Å². The van der Waals surface area contributed by atoms with E-state index in [0.29, 0.717) is 35.4 Å². The van der Waals surface area contributed by atoms with Crippen LogP contribution in [0.5, 0.6) is 5.75 Å². The average Bonchev–Trinajstić information content (AvgIpc) is 3.47. The fourth-order valence-electron chi connectivity index (χ4n) is 4.07. The monoisotopic (exact) mass is 564 g/mol. The Balaban J connectivity index is 1.21. The maximum atomic E-state index is 14.8. The summed E-state index contributed by atoms with van der Waals surface area (Å²) >= 11 is 0. The Morgan fingerprint density at radius 3 is 2.46 bits per heavy atom. The number of hydrogen-bond acceptors (Lipinski definition) is 10. The number of rotatable bonds is 13. The third-order valence-electron chi connectivity index (χ3n) is 6.42. The number of carbonyl (C=O) groups is 2. The molecule has 1 aliphatic rings. The van der Waals surface area contributed by atoms with Crippen molar-refractivity contribution in [2.75, 3.05) is 13.1 Å². The molecule has 5 rings (SSSR count). The van der Waals surface area contributed by atoms with Gasteiger partial charge in [0.2, 0.25) is 17.5 Å². The van der Waals surface area contributed by atoms with Crippen LogP contribution in [0.25, 0.3) is 22.8 Å². The van der Waals surface area contributed by atoms with E-state index >= 15 is 0 Å². The van der Waals surface area contributed by atoms with Crippen molar-refractivity contribution in [2.45, 2.75) is 51.2 Å². The lowest BCUT2D eigenvalue weighted by Gasteiger charge is -2.14. The van der Waals surface area contributed by atoms with Gasteiger partial charge in [0, 0.05) is 29.6 Å². The molecule has 0 aliphatic heterocycles. The van der Waals surface area contributed by atoms with Crippen LogP contribution >= 0.6 is 0 Å². The first kappa shape index (κ1) is 27.9. The van der Waals surface area contributed by atoms with Crippen LogP contribution in [0.15, 0.2) is 51.5 Å². The van der Waals surface area contributed by atoms with Crippen molar-refractivity contribution in [3.63, 3.8) is 0 Å². The van der Waals surface area contributed by atoms with E-state index in [2.05, 4.69) is 30.9 Å². The topological polar surface area (TPSA) is 166 Å². The fraction of sp³-hybridized carbons (Fsp3) is 0.357. The Morgan fingerprint density at radius 2 is 1.78 bits per heavy atom. The number of aromatic nitrogens is 4. The molecule has 214 valence electrons. The number of hydrogen-bond donors (Lipinski definition) is 3. The lowest BCUT2D eigenvalue weighted by molar-refractivity contribution is -0.135. The van der Waals surface area contributed by atoms with Crippen LogP contribution in [-0.4, -0.2) is 56.4 Å². The van der Waals surface area contributed by atoms with E-state index in [4.69, 9.17) is 18.9 Å². The van der Waals surface area contributed by atoms with Crippen LogP contribution in [0.2, 0.25) is 0 Å². The van der Waals surface area contributed by atoms with Gasteiger partial charge in [-0.1, -0.05) is 23.3 Å². The van der Waals surface area contributed by atoms with Gasteiger partial charge in [0.25, 0.3) is 11.8 Å². The highest BCUT2D eigenvalue weighted by Crippen LogP contribution is 2.39. The largest absolute Gasteiger partial charge is 0.481 e. The third-order valence-corrected chi connectivity index (χ3v) is 6.42. The Bertz CT molecular complexity index is 1520. The molecule has 2 aromatic heterocycles. The van der Waals surface area contributed by atoms with Gasteiger partial charge in [0.1, 0.15) is 11.6 Å². The molecule has 1 fully saturated rings. The van der Waals surface area contributed by atoms with Crippen molar-refractivity contribution in [3.05, 3.63) is 65.6 Å². The summed E-state index contributed by atoms with van der Waals surface area (Å²) in [6.45, 7) is 3.56. The highest BCUT2D eigenvalue weighted by Gasteiger charge is 2.30. The van der Waals surface area contributed by atoms with Gasteiger partial charge in [0.15, 0.2) is 6.10 Å². The molecular formula is C28H29FN6O6. The zero-order chi connectivity index (χ0) is 28.9. The Kier molecular flexibility index (Phi) is 8.34. The first-order chi connectivity index (χ1) is 19.8. The summed E-state index contributed by atoms with van der Waals surface area (Å²) in [5.41, 5.74) is 0.977. The van der Waals surface area contributed by atoms with Crippen molar-refractivity contribution in [2.24, 2.45) is 0 Å². The number of aliphatic carboxylic acids is 1. The molecule has 0 radical (unpaired) electrons. The van der Waals surface area contributed by atoms with Gasteiger partial charge in [-0.2, -0.15) is 9.97 Å². The molecule has 41 heavy (non-hydrogen) atoms. The number of benzene rings is 2. The minimum Gasteiger partial charge on any atom is -0.481 e. The molecule has 0 bridgehead atoms. The molecule has 1 amide bonds. The van der Waals surface area contributed by atoms with Crippen LogP contribution in [0.4, 0.5) is 4.39 Å². The molecule has 2 atom stereocenters. The van der Waals surface area contributed by atoms with E-state index < -0.39 is 29.8 Å². The van der Waals surface area contributed by atoms with Crippen LogP contribution in [-0.2, 0) is 4.79 Å². The van der Waals surface area contributed by atoms with E-state index in [1.54, 1.807) is 19.1 Å². The summed E-state index contributed by atoms with van der Waals surface area (Å²) in [5, 5.41) is 22.0. The van der Waals surface area contributed by atoms with Gasteiger partial charge in [-0.3, -0.25) is 9.59 Å². The van der Waals surface area contributed by atoms with E-state index in [-0.39, 0.29) is 30.4 Å². The van der Waals surface area contributed by atoms with Crippen molar-refractivity contribution in [3.8, 4) is 28.5 Å². The van der Waals surface area contributed by atoms with Crippen molar-refractivity contribution in [1.82, 2.24) is 30.9 Å². The summed E-state index contributed by atoms with van der Waals surface area (Å²) in [7, 11) is 0. The zero-order valence-corrected chi connectivity index (χ0v) is 22.5. The molecule has 1 aliphatic carbocycles. The average molecular weight is 565 g/mol. The number of carboxylic acid groups (broad SMARTS) is 1. The first-order valence-corrected chi connectivity index (χ1v) is 13.3. The Hall–Kier alpha value is -4.65. The first-order valence-electron chi connectivity index (χ1n) is 13.3. The zero-order valence-electron chi connectivity index (χ0n) is 22.5. The molecule has 0 saturated heterocycles. The smallest absolute Gasteiger partial charge is 0.317 e.